The minimum Gasteiger partial charge on any atom is -0.497 e. The Hall–Kier alpha value is -2.19. The molecule has 0 spiro atoms. The Kier molecular flexibility index (Phi) is 11.3. The van der Waals surface area contributed by atoms with E-state index in [0.29, 0.717) is 25.0 Å². The molecule has 0 aliphatic heterocycles. The highest BCUT2D eigenvalue weighted by atomic mass is 79.9. The van der Waals surface area contributed by atoms with Gasteiger partial charge < -0.3 is 24.4 Å². The van der Waals surface area contributed by atoms with Crippen molar-refractivity contribution in [2.75, 3.05) is 20.3 Å². The van der Waals surface area contributed by atoms with Gasteiger partial charge >= 0.3 is 5.97 Å². The summed E-state index contributed by atoms with van der Waals surface area (Å²) in [6.45, 7) is 0.476. The fourth-order valence-electron chi connectivity index (χ4n) is 2.75. The topological polar surface area (TPSA) is 85.2 Å². The van der Waals surface area contributed by atoms with E-state index in [0.717, 1.165) is 11.3 Å². The van der Waals surface area contributed by atoms with Crippen LogP contribution in [0.25, 0.3) is 0 Å². The Morgan fingerprint density at radius 1 is 1.13 bits per heavy atom. The maximum Gasteiger partial charge on any atom is 0.338 e. The average molecular weight is 493 g/mol. The highest BCUT2D eigenvalue weighted by Crippen LogP contribution is 2.16. The molecule has 0 aromatic heterocycles. The van der Waals surface area contributed by atoms with E-state index in [9.17, 15) is 9.90 Å². The number of halogens is 1. The highest BCUT2D eigenvalue weighted by Gasteiger charge is 2.16. The van der Waals surface area contributed by atoms with Gasteiger partial charge in [-0.2, -0.15) is 0 Å². The second-order valence-electron chi connectivity index (χ2n) is 6.93. The number of hydrogen-bond acceptors (Lipinski definition) is 6. The normalized spacial score (nSPS) is 14.2. The van der Waals surface area contributed by atoms with Gasteiger partial charge in [0.15, 0.2) is 0 Å². The van der Waals surface area contributed by atoms with Crippen molar-refractivity contribution in [3.8, 4) is 5.75 Å². The van der Waals surface area contributed by atoms with Gasteiger partial charge in [0.2, 0.25) is 0 Å². The van der Waals surface area contributed by atoms with Crippen LogP contribution in [-0.4, -0.2) is 53.5 Å². The third kappa shape index (κ3) is 9.23. The molecule has 0 saturated carbocycles. The van der Waals surface area contributed by atoms with Gasteiger partial charge in [-0.3, -0.25) is 0 Å². The SMILES string of the molecule is COc1ccc(COC[C@H](/C=C/C[C@@H](Br)[C@H](O)CCO)OC(=O)c2ccccc2)cc1. The van der Waals surface area contributed by atoms with Crippen molar-refractivity contribution in [2.45, 2.75) is 36.5 Å². The lowest BCUT2D eigenvalue weighted by molar-refractivity contribution is 0.00728. The van der Waals surface area contributed by atoms with Gasteiger partial charge in [0.05, 0.1) is 32.0 Å². The van der Waals surface area contributed by atoms with Crippen molar-refractivity contribution >= 4 is 21.9 Å². The molecule has 168 valence electrons. The van der Waals surface area contributed by atoms with E-state index in [1.807, 2.05) is 36.4 Å². The van der Waals surface area contributed by atoms with E-state index in [-0.39, 0.29) is 18.0 Å². The second kappa shape index (κ2) is 14.0. The fraction of sp³-hybridized carbons (Fsp3) is 0.375. The van der Waals surface area contributed by atoms with Crippen LogP contribution < -0.4 is 4.74 Å². The van der Waals surface area contributed by atoms with Crippen molar-refractivity contribution in [1.29, 1.82) is 0 Å². The zero-order valence-corrected chi connectivity index (χ0v) is 19.1. The van der Waals surface area contributed by atoms with Crippen LogP contribution in [0, 0.1) is 0 Å². The summed E-state index contributed by atoms with van der Waals surface area (Å²) in [6.07, 6.45) is 3.15. The van der Waals surface area contributed by atoms with Gasteiger partial charge in [0.1, 0.15) is 11.9 Å². The maximum atomic E-state index is 12.4. The minimum absolute atomic E-state index is 0.0799. The van der Waals surface area contributed by atoms with Gasteiger partial charge in [-0.25, -0.2) is 4.79 Å². The number of aliphatic hydroxyl groups is 2. The van der Waals surface area contributed by atoms with Gasteiger partial charge in [0, 0.05) is 11.4 Å². The van der Waals surface area contributed by atoms with Crippen molar-refractivity contribution in [3.63, 3.8) is 0 Å². The molecule has 0 saturated heterocycles. The molecule has 0 radical (unpaired) electrons. The van der Waals surface area contributed by atoms with E-state index in [1.165, 1.54) is 0 Å². The summed E-state index contributed by atoms with van der Waals surface area (Å²) < 4.78 is 16.5. The number of allylic oxidation sites excluding steroid dienone is 1. The van der Waals surface area contributed by atoms with Crippen molar-refractivity contribution in [1.82, 2.24) is 0 Å². The van der Waals surface area contributed by atoms with Crippen LogP contribution in [0.2, 0.25) is 0 Å². The van der Waals surface area contributed by atoms with Crippen LogP contribution in [0.4, 0.5) is 0 Å². The number of carbonyl (C=O) groups excluding carboxylic acids is 1. The molecule has 3 atom stereocenters. The maximum absolute atomic E-state index is 12.4. The van der Waals surface area contributed by atoms with E-state index >= 15 is 0 Å². The summed E-state index contributed by atoms with van der Waals surface area (Å²) >= 11 is 3.42. The van der Waals surface area contributed by atoms with E-state index in [2.05, 4.69) is 15.9 Å². The standard InChI is InChI=1S/C24H29BrO6/c1-29-20-12-10-18(11-13-20)16-30-17-21(8-5-9-22(25)23(27)14-15-26)31-24(28)19-6-3-2-4-7-19/h2-8,10-13,21-23,26-27H,9,14-17H2,1H3/b8-5+/t21-,22+,23+/m0/s1. The molecule has 0 aliphatic carbocycles. The molecule has 2 N–H and O–H groups in total. The lowest BCUT2D eigenvalue weighted by atomic mass is 10.1. The lowest BCUT2D eigenvalue weighted by Gasteiger charge is -2.17. The molecule has 0 bridgehead atoms. The van der Waals surface area contributed by atoms with Crippen LogP contribution in [0.3, 0.4) is 0 Å². The Bertz CT molecular complexity index is 793. The number of carbonyl (C=O) groups is 1. The van der Waals surface area contributed by atoms with Gasteiger partial charge in [-0.15, -0.1) is 0 Å². The summed E-state index contributed by atoms with van der Waals surface area (Å²) in [6, 6.07) is 16.3. The van der Waals surface area contributed by atoms with Gasteiger partial charge in [-0.05, 0) is 48.7 Å². The quantitative estimate of drug-likeness (QED) is 0.250. The molecule has 2 aromatic rings. The molecule has 0 amide bonds. The van der Waals surface area contributed by atoms with Crippen LogP contribution in [0.5, 0.6) is 5.75 Å². The molecule has 6 nitrogen and oxygen atoms in total. The summed E-state index contributed by atoms with van der Waals surface area (Å²) in [7, 11) is 1.61. The third-order valence-electron chi connectivity index (χ3n) is 4.53. The molecule has 0 fully saturated rings. The first-order valence-electron chi connectivity index (χ1n) is 10.1. The number of aliphatic hydroxyl groups excluding tert-OH is 2. The average Bonchev–Trinajstić information content (AvgIpc) is 2.80. The molecular weight excluding hydrogens is 464 g/mol. The monoisotopic (exact) mass is 492 g/mol. The molecule has 7 heteroatoms. The third-order valence-corrected chi connectivity index (χ3v) is 5.52. The molecule has 0 heterocycles. The molecule has 0 unspecified atom stereocenters. The molecule has 0 aliphatic rings. The number of ether oxygens (including phenoxy) is 3. The zero-order valence-electron chi connectivity index (χ0n) is 17.5. The first-order valence-corrected chi connectivity index (χ1v) is 11.0. The van der Waals surface area contributed by atoms with E-state index in [4.69, 9.17) is 19.3 Å². The molecular formula is C24H29BrO6. The highest BCUT2D eigenvalue weighted by molar-refractivity contribution is 9.09. The van der Waals surface area contributed by atoms with Crippen LogP contribution >= 0.6 is 15.9 Å². The van der Waals surface area contributed by atoms with Crippen LogP contribution in [0.1, 0.15) is 28.8 Å². The molecule has 2 rings (SSSR count). The number of esters is 1. The van der Waals surface area contributed by atoms with E-state index in [1.54, 1.807) is 37.5 Å². The van der Waals surface area contributed by atoms with E-state index < -0.39 is 18.2 Å². The Morgan fingerprint density at radius 2 is 1.84 bits per heavy atom. The van der Waals surface area contributed by atoms with Gasteiger partial charge in [-0.1, -0.05) is 52.3 Å². The second-order valence-corrected chi connectivity index (χ2v) is 8.11. The summed E-state index contributed by atoms with van der Waals surface area (Å²) in [5.74, 6) is 0.341. The number of rotatable bonds is 13. The summed E-state index contributed by atoms with van der Waals surface area (Å²) in [5.41, 5.74) is 1.44. The lowest BCUT2D eigenvalue weighted by Crippen LogP contribution is -2.23. The number of benzene rings is 2. The summed E-state index contributed by atoms with van der Waals surface area (Å²) in [5, 5.41) is 18.9. The number of hydrogen-bond donors (Lipinski definition) is 2. The van der Waals surface area contributed by atoms with Gasteiger partial charge in [0.25, 0.3) is 0 Å². The number of alkyl halides is 1. The van der Waals surface area contributed by atoms with Crippen molar-refractivity contribution in [3.05, 3.63) is 77.9 Å². The van der Waals surface area contributed by atoms with Crippen molar-refractivity contribution in [2.24, 2.45) is 0 Å². The van der Waals surface area contributed by atoms with Crippen molar-refractivity contribution < 1.29 is 29.2 Å². The molecule has 31 heavy (non-hydrogen) atoms. The smallest absolute Gasteiger partial charge is 0.338 e. The van der Waals surface area contributed by atoms with Crippen LogP contribution in [-0.2, 0) is 16.1 Å². The fourth-order valence-corrected chi connectivity index (χ4v) is 3.23. The largest absolute Gasteiger partial charge is 0.497 e. The Morgan fingerprint density at radius 3 is 2.48 bits per heavy atom. The molecule has 2 aromatic carbocycles. The Balaban J connectivity index is 1.95. The summed E-state index contributed by atoms with van der Waals surface area (Å²) in [4.78, 5) is 12.2. The minimum atomic E-state index is -0.661. The predicted molar refractivity (Wildman–Crippen MR) is 122 cm³/mol. The first-order chi connectivity index (χ1) is 15.0. The Labute approximate surface area is 191 Å². The first kappa shape index (κ1) is 25.1. The van der Waals surface area contributed by atoms with Crippen LogP contribution in [0.15, 0.2) is 66.7 Å². The predicted octanol–water partition coefficient (Wildman–Crippen LogP) is 3.89. The zero-order chi connectivity index (χ0) is 22.5. The number of methoxy groups -OCH3 is 1.